The Kier molecular flexibility index (Phi) is 4.49. The molecular formula is C17H20F3N3O2. The van der Waals surface area contributed by atoms with E-state index >= 15 is 0 Å². The number of piperidine rings is 1. The van der Waals surface area contributed by atoms with E-state index < -0.39 is 18.6 Å². The maximum atomic E-state index is 12.9. The molecule has 2 amide bonds. The number of likely N-dealkylation sites (tertiary alicyclic amines) is 1. The van der Waals surface area contributed by atoms with Crippen molar-refractivity contribution in [2.24, 2.45) is 5.73 Å². The van der Waals surface area contributed by atoms with Crippen molar-refractivity contribution in [3.63, 3.8) is 0 Å². The van der Waals surface area contributed by atoms with Crippen LogP contribution >= 0.6 is 0 Å². The molecule has 0 spiro atoms. The minimum absolute atomic E-state index is 0.139. The number of rotatable bonds is 3. The summed E-state index contributed by atoms with van der Waals surface area (Å²) in [5.74, 6) is -0.912. The average Bonchev–Trinajstić information content (AvgIpc) is 2.78. The summed E-state index contributed by atoms with van der Waals surface area (Å²) in [6, 6.07) is 4.66. The maximum absolute atomic E-state index is 12.9. The first-order valence-corrected chi connectivity index (χ1v) is 8.23. The molecular weight excluding hydrogens is 335 g/mol. The van der Waals surface area contributed by atoms with Crippen molar-refractivity contribution in [1.29, 1.82) is 0 Å². The topological polar surface area (TPSA) is 66.6 Å². The molecule has 2 aliphatic heterocycles. The lowest BCUT2D eigenvalue weighted by atomic mass is 9.99. The second-order valence-corrected chi connectivity index (χ2v) is 6.64. The van der Waals surface area contributed by atoms with Gasteiger partial charge in [-0.05, 0) is 31.4 Å². The van der Waals surface area contributed by atoms with Gasteiger partial charge in [-0.3, -0.25) is 14.5 Å². The van der Waals surface area contributed by atoms with Gasteiger partial charge in [-0.15, -0.1) is 0 Å². The van der Waals surface area contributed by atoms with E-state index in [0.29, 0.717) is 31.5 Å². The smallest absolute Gasteiger partial charge is 0.366 e. The molecule has 0 aromatic heterocycles. The van der Waals surface area contributed by atoms with Gasteiger partial charge < -0.3 is 10.6 Å². The highest BCUT2D eigenvalue weighted by atomic mass is 19.4. The van der Waals surface area contributed by atoms with Crippen molar-refractivity contribution in [1.82, 2.24) is 9.80 Å². The fraction of sp³-hybridized carbons (Fsp3) is 0.529. The van der Waals surface area contributed by atoms with Crippen LogP contribution < -0.4 is 5.73 Å². The molecule has 1 unspecified atom stereocenters. The lowest BCUT2D eigenvalue weighted by molar-refractivity contribution is -0.148. The van der Waals surface area contributed by atoms with Gasteiger partial charge in [0.25, 0.3) is 5.91 Å². The van der Waals surface area contributed by atoms with Crippen LogP contribution in [0.5, 0.6) is 0 Å². The molecule has 1 saturated heterocycles. The van der Waals surface area contributed by atoms with Crippen LogP contribution in [0.4, 0.5) is 13.2 Å². The highest BCUT2D eigenvalue weighted by molar-refractivity contribution is 6.09. The SMILES string of the molecule is CC1c2cccc(C(N)=O)c2C(=O)N1C1CCN(CC(F)(F)F)CC1. The first kappa shape index (κ1) is 17.7. The molecule has 0 aliphatic carbocycles. The summed E-state index contributed by atoms with van der Waals surface area (Å²) in [5, 5.41) is 0. The molecule has 2 heterocycles. The van der Waals surface area contributed by atoms with Crippen LogP contribution in [-0.2, 0) is 0 Å². The largest absolute Gasteiger partial charge is 0.401 e. The number of alkyl halides is 3. The predicted molar refractivity (Wildman–Crippen MR) is 85.1 cm³/mol. The zero-order valence-corrected chi connectivity index (χ0v) is 13.8. The van der Waals surface area contributed by atoms with Crippen LogP contribution in [0.2, 0.25) is 0 Å². The van der Waals surface area contributed by atoms with E-state index in [1.54, 1.807) is 17.0 Å². The zero-order valence-electron chi connectivity index (χ0n) is 13.8. The van der Waals surface area contributed by atoms with Gasteiger partial charge in [0.2, 0.25) is 5.91 Å². The number of carbonyl (C=O) groups is 2. The van der Waals surface area contributed by atoms with Crippen LogP contribution in [0.15, 0.2) is 18.2 Å². The van der Waals surface area contributed by atoms with Crippen molar-refractivity contribution < 1.29 is 22.8 Å². The van der Waals surface area contributed by atoms with E-state index in [1.165, 1.54) is 11.0 Å². The Morgan fingerprint density at radius 2 is 1.92 bits per heavy atom. The molecule has 25 heavy (non-hydrogen) atoms. The molecule has 0 radical (unpaired) electrons. The van der Waals surface area contributed by atoms with Gasteiger partial charge in [0.05, 0.1) is 23.7 Å². The Morgan fingerprint density at radius 3 is 2.48 bits per heavy atom. The monoisotopic (exact) mass is 355 g/mol. The van der Waals surface area contributed by atoms with Gasteiger partial charge in [0, 0.05) is 19.1 Å². The Bertz CT molecular complexity index is 697. The van der Waals surface area contributed by atoms with Crippen LogP contribution in [0.3, 0.4) is 0 Å². The number of halogens is 3. The Morgan fingerprint density at radius 1 is 1.28 bits per heavy atom. The minimum atomic E-state index is -4.21. The number of amides is 2. The summed E-state index contributed by atoms with van der Waals surface area (Å²) in [4.78, 5) is 27.5. The van der Waals surface area contributed by atoms with Crippen molar-refractivity contribution in [3.8, 4) is 0 Å². The van der Waals surface area contributed by atoms with Gasteiger partial charge >= 0.3 is 6.18 Å². The van der Waals surface area contributed by atoms with E-state index in [9.17, 15) is 22.8 Å². The Hall–Kier alpha value is -2.09. The molecule has 1 aromatic carbocycles. The predicted octanol–water partition coefficient (Wildman–Crippen LogP) is 2.33. The van der Waals surface area contributed by atoms with E-state index in [0.717, 1.165) is 5.56 Å². The van der Waals surface area contributed by atoms with Crippen molar-refractivity contribution in [3.05, 3.63) is 34.9 Å². The zero-order chi connectivity index (χ0) is 18.4. The van der Waals surface area contributed by atoms with Gasteiger partial charge in [-0.1, -0.05) is 12.1 Å². The van der Waals surface area contributed by atoms with Crippen LogP contribution in [-0.4, -0.2) is 53.5 Å². The second-order valence-electron chi connectivity index (χ2n) is 6.64. The molecule has 0 saturated carbocycles. The third-order valence-electron chi connectivity index (χ3n) is 5.03. The second kappa shape index (κ2) is 6.33. The van der Waals surface area contributed by atoms with Crippen molar-refractivity contribution in [2.75, 3.05) is 19.6 Å². The van der Waals surface area contributed by atoms with E-state index in [1.807, 2.05) is 6.92 Å². The molecule has 1 aromatic rings. The molecule has 3 rings (SSSR count). The quantitative estimate of drug-likeness (QED) is 0.905. The van der Waals surface area contributed by atoms with E-state index in [4.69, 9.17) is 5.73 Å². The first-order valence-electron chi connectivity index (χ1n) is 8.23. The summed E-state index contributed by atoms with van der Waals surface area (Å²) in [6.45, 7) is 1.53. The highest BCUT2D eigenvalue weighted by Gasteiger charge is 2.42. The highest BCUT2D eigenvalue weighted by Crippen LogP contribution is 2.38. The Labute approximate surface area is 143 Å². The maximum Gasteiger partial charge on any atom is 0.401 e. The van der Waals surface area contributed by atoms with Gasteiger partial charge in [0.15, 0.2) is 0 Å². The fourth-order valence-corrected chi connectivity index (χ4v) is 3.91. The summed E-state index contributed by atoms with van der Waals surface area (Å²) in [6.07, 6.45) is -3.26. The summed E-state index contributed by atoms with van der Waals surface area (Å²) < 4.78 is 37.5. The molecule has 136 valence electrons. The molecule has 2 N–H and O–H groups in total. The Balaban J connectivity index is 1.76. The average molecular weight is 355 g/mol. The number of hydrogen-bond acceptors (Lipinski definition) is 3. The number of nitrogens with two attached hydrogens (primary N) is 1. The van der Waals surface area contributed by atoms with Gasteiger partial charge in [-0.25, -0.2) is 0 Å². The molecule has 1 atom stereocenters. The van der Waals surface area contributed by atoms with E-state index in [-0.39, 0.29) is 23.6 Å². The molecule has 8 heteroatoms. The number of fused-ring (bicyclic) bond motifs is 1. The first-order chi connectivity index (χ1) is 11.7. The number of primary amides is 1. The number of hydrogen-bond donors (Lipinski definition) is 1. The van der Waals surface area contributed by atoms with Crippen molar-refractivity contribution in [2.45, 2.75) is 38.0 Å². The summed E-state index contributed by atoms with van der Waals surface area (Å²) in [7, 11) is 0. The summed E-state index contributed by atoms with van der Waals surface area (Å²) >= 11 is 0. The fourth-order valence-electron chi connectivity index (χ4n) is 3.91. The normalized spacial score (nSPS) is 22.3. The molecule has 2 aliphatic rings. The third-order valence-corrected chi connectivity index (χ3v) is 5.03. The standard InChI is InChI=1S/C17H20F3N3O2/c1-10-12-3-2-4-13(15(21)24)14(12)16(25)23(10)11-5-7-22(8-6-11)9-17(18,19)20/h2-4,10-11H,5-9H2,1H3,(H2,21,24). The molecule has 0 bridgehead atoms. The summed E-state index contributed by atoms with van der Waals surface area (Å²) in [5.41, 5.74) is 6.66. The van der Waals surface area contributed by atoms with Crippen LogP contribution in [0.1, 0.15) is 52.1 Å². The molecule has 5 nitrogen and oxygen atoms in total. The third kappa shape index (κ3) is 3.35. The van der Waals surface area contributed by atoms with E-state index in [2.05, 4.69) is 0 Å². The van der Waals surface area contributed by atoms with Gasteiger partial charge in [-0.2, -0.15) is 13.2 Å². The van der Waals surface area contributed by atoms with Crippen LogP contribution in [0.25, 0.3) is 0 Å². The lowest BCUT2D eigenvalue weighted by Gasteiger charge is -2.38. The molecule has 1 fully saturated rings. The lowest BCUT2D eigenvalue weighted by Crippen LogP contribution is -2.48. The van der Waals surface area contributed by atoms with Crippen molar-refractivity contribution >= 4 is 11.8 Å². The van der Waals surface area contributed by atoms with Gasteiger partial charge in [0.1, 0.15) is 0 Å². The minimum Gasteiger partial charge on any atom is -0.366 e. The van der Waals surface area contributed by atoms with Crippen LogP contribution in [0, 0.1) is 0 Å². The number of benzene rings is 1. The number of carbonyl (C=O) groups excluding carboxylic acids is 2. The number of nitrogens with zero attached hydrogens (tertiary/aromatic N) is 2.